The second kappa shape index (κ2) is 6.89. The Labute approximate surface area is 170 Å². The molecule has 0 spiro atoms. The number of ether oxygens (including phenoxy) is 1. The van der Waals surface area contributed by atoms with Crippen molar-refractivity contribution in [3.8, 4) is 5.75 Å². The van der Waals surface area contributed by atoms with Crippen LogP contribution in [0.15, 0.2) is 48.5 Å². The van der Waals surface area contributed by atoms with Gasteiger partial charge in [0.05, 0.1) is 16.9 Å². The first-order chi connectivity index (χ1) is 13.6. The van der Waals surface area contributed by atoms with E-state index in [9.17, 15) is 8.42 Å². The third-order valence-electron chi connectivity index (χ3n) is 4.77. The number of pyridine rings is 1. The maximum absolute atomic E-state index is 12.0. The van der Waals surface area contributed by atoms with Gasteiger partial charge < -0.3 is 10.1 Å². The molecule has 0 atom stereocenters. The molecule has 29 heavy (non-hydrogen) atoms. The van der Waals surface area contributed by atoms with Crippen molar-refractivity contribution >= 4 is 38.3 Å². The average molecular weight is 413 g/mol. The van der Waals surface area contributed by atoms with E-state index in [4.69, 9.17) is 4.74 Å². The van der Waals surface area contributed by atoms with Gasteiger partial charge in [0.15, 0.2) is 0 Å². The van der Waals surface area contributed by atoms with Crippen LogP contribution >= 0.6 is 0 Å². The summed E-state index contributed by atoms with van der Waals surface area (Å²) in [6.45, 7) is 4.15. The predicted octanol–water partition coefficient (Wildman–Crippen LogP) is 3.91. The zero-order valence-electron chi connectivity index (χ0n) is 16.9. The molecule has 2 heterocycles. The van der Waals surface area contributed by atoms with Gasteiger partial charge >= 0.3 is 10.2 Å². The van der Waals surface area contributed by atoms with Crippen LogP contribution in [-0.2, 0) is 16.6 Å². The van der Waals surface area contributed by atoms with E-state index < -0.39 is 10.2 Å². The Morgan fingerprint density at radius 3 is 2.66 bits per heavy atom. The van der Waals surface area contributed by atoms with Crippen LogP contribution in [0.2, 0.25) is 0 Å². The fourth-order valence-corrected chi connectivity index (χ4v) is 3.96. The number of hydrogen-bond acceptors (Lipinski definition) is 5. The van der Waals surface area contributed by atoms with Crippen LogP contribution < -0.4 is 14.8 Å². The van der Waals surface area contributed by atoms with E-state index in [1.165, 1.54) is 19.7 Å². The van der Waals surface area contributed by atoms with Crippen molar-refractivity contribution in [2.45, 2.75) is 25.9 Å². The normalized spacial score (nSPS) is 15.2. The number of nitrogens with one attached hydrogen (secondary N) is 2. The molecule has 0 amide bonds. The molecule has 7 nitrogen and oxygen atoms in total. The Morgan fingerprint density at radius 2 is 1.90 bits per heavy atom. The second-order valence-corrected chi connectivity index (χ2v) is 9.84. The minimum Gasteiger partial charge on any atom is -0.485 e. The van der Waals surface area contributed by atoms with Gasteiger partial charge in [0, 0.05) is 31.5 Å². The molecule has 1 aliphatic heterocycles. The lowest BCUT2D eigenvalue weighted by Gasteiger charge is -2.18. The van der Waals surface area contributed by atoms with Crippen molar-refractivity contribution in [1.82, 2.24) is 9.29 Å². The van der Waals surface area contributed by atoms with Gasteiger partial charge in [-0.3, -0.25) is 4.72 Å². The third-order valence-corrected chi connectivity index (χ3v) is 6.23. The molecule has 2 aromatic carbocycles. The number of benzene rings is 2. The number of nitrogens with zero attached hydrogens (tertiary/aromatic N) is 2. The third kappa shape index (κ3) is 3.99. The molecular formula is C21H24N4O3S. The van der Waals surface area contributed by atoms with Crippen molar-refractivity contribution in [1.29, 1.82) is 0 Å². The zero-order chi connectivity index (χ0) is 20.8. The smallest absolute Gasteiger partial charge is 0.301 e. The van der Waals surface area contributed by atoms with Crippen molar-refractivity contribution in [3.05, 3.63) is 54.1 Å². The summed E-state index contributed by atoms with van der Waals surface area (Å²) in [5.74, 6) is 1.56. The number of para-hydroxylation sites is 1. The van der Waals surface area contributed by atoms with Crippen LogP contribution in [0.4, 0.5) is 17.2 Å². The fourth-order valence-electron chi connectivity index (χ4n) is 3.35. The van der Waals surface area contributed by atoms with Crippen molar-refractivity contribution < 1.29 is 13.2 Å². The van der Waals surface area contributed by atoms with Crippen molar-refractivity contribution in [3.63, 3.8) is 0 Å². The molecule has 1 aromatic heterocycles. The standard InChI is InChI=1S/C21H24N4O3S/c1-21(2)13-15-6-5-7-18(20(15)28-21)23-19-11-8-14-12-16(9-10-17(14)22-19)24-29(26,27)25(3)4/h5-12,24H,13H2,1-4H3,(H,22,23). The fraction of sp³-hybridized carbons (Fsp3) is 0.286. The SMILES string of the molecule is CN(C)S(=O)(=O)Nc1ccc2nc(Nc3cccc4c3OC(C)(C)C4)ccc2c1. The van der Waals surface area contributed by atoms with Crippen LogP contribution in [0, 0.1) is 0 Å². The molecule has 2 N–H and O–H groups in total. The summed E-state index contributed by atoms with van der Waals surface area (Å²) < 4.78 is 33.8. The number of anilines is 3. The summed E-state index contributed by atoms with van der Waals surface area (Å²) in [4.78, 5) is 4.65. The Kier molecular flexibility index (Phi) is 4.63. The Balaban J connectivity index is 1.60. The van der Waals surface area contributed by atoms with Crippen LogP contribution in [0.5, 0.6) is 5.75 Å². The van der Waals surface area contributed by atoms with Crippen LogP contribution in [0.1, 0.15) is 19.4 Å². The Morgan fingerprint density at radius 1 is 1.10 bits per heavy atom. The maximum atomic E-state index is 12.0. The number of fused-ring (bicyclic) bond motifs is 2. The van der Waals surface area contributed by atoms with Gasteiger partial charge in [0.2, 0.25) is 0 Å². The first-order valence-corrected chi connectivity index (χ1v) is 10.8. The average Bonchev–Trinajstić information content (AvgIpc) is 2.96. The molecule has 152 valence electrons. The first-order valence-electron chi connectivity index (χ1n) is 9.32. The molecule has 4 rings (SSSR count). The van der Waals surface area contributed by atoms with Gasteiger partial charge in [-0.25, -0.2) is 4.98 Å². The second-order valence-electron chi connectivity index (χ2n) is 7.95. The number of aromatic nitrogens is 1. The van der Waals surface area contributed by atoms with Crippen LogP contribution in [0.3, 0.4) is 0 Å². The van der Waals surface area contributed by atoms with E-state index in [0.717, 1.165) is 33.1 Å². The summed E-state index contributed by atoms with van der Waals surface area (Å²) in [5, 5.41) is 4.19. The van der Waals surface area contributed by atoms with Gasteiger partial charge in [0.25, 0.3) is 0 Å². The molecule has 3 aromatic rings. The van der Waals surface area contributed by atoms with E-state index in [1.54, 1.807) is 18.2 Å². The van der Waals surface area contributed by atoms with Gasteiger partial charge in [0.1, 0.15) is 17.2 Å². The molecule has 0 aliphatic carbocycles. The summed E-state index contributed by atoms with van der Waals surface area (Å²) >= 11 is 0. The summed E-state index contributed by atoms with van der Waals surface area (Å²) in [5.41, 5.74) is 3.10. The van der Waals surface area contributed by atoms with E-state index in [1.807, 2.05) is 24.3 Å². The summed E-state index contributed by atoms with van der Waals surface area (Å²) in [6, 6.07) is 15.1. The Hall–Kier alpha value is -2.84. The van der Waals surface area contributed by atoms with Crippen LogP contribution in [0.25, 0.3) is 10.9 Å². The predicted molar refractivity (Wildman–Crippen MR) is 116 cm³/mol. The summed E-state index contributed by atoms with van der Waals surface area (Å²) in [7, 11) is -0.587. The highest BCUT2D eigenvalue weighted by molar-refractivity contribution is 7.90. The molecule has 0 fully saturated rings. The highest BCUT2D eigenvalue weighted by Gasteiger charge is 2.31. The van der Waals surface area contributed by atoms with Gasteiger partial charge in [-0.2, -0.15) is 12.7 Å². The number of rotatable bonds is 5. The molecule has 0 saturated carbocycles. The van der Waals surface area contributed by atoms with Gasteiger partial charge in [-0.1, -0.05) is 12.1 Å². The minimum atomic E-state index is -3.55. The largest absolute Gasteiger partial charge is 0.485 e. The highest BCUT2D eigenvalue weighted by atomic mass is 32.2. The van der Waals surface area contributed by atoms with Gasteiger partial charge in [-0.15, -0.1) is 0 Å². The summed E-state index contributed by atoms with van der Waals surface area (Å²) in [6.07, 6.45) is 0.870. The lowest BCUT2D eigenvalue weighted by Crippen LogP contribution is -2.28. The maximum Gasteiger partial charge on any atom is 0.301 e. The molecular weight excluding hydrogens is 388 g/mol. The topological polar surface area (TPSA) is 83.6 Å². The minimum absolute atomic E-state index is 0.215. The first kappa shape index (κ1) is 19.5. The van der Waals surface area contributed by atoms with E-state index in [2.05, 4.69) is 34.9 Å². The zero-order valence-corrected chi connectivity index (χ0v) is 17.7. The van der Waals surface area contributed by atoms with E-state index >= 15 is 0 Å². The lowest BCUT2D eigenvalue weighted by atomic mass is 10.0. The monoisotopic (exact) mass is 412 g/mol. The molecule has 1 aliphatic rings. The lowest BCUT2D eigenvalue weighted by molar-refractivity contribution is 0.139. The van der Waals surface area contributed by atoms with E-state index in [-0.39, 0.29) is 5.60 Å². The van der Waals surface area contributed by atoms with Gasteiger partial charge in [-0.05, 0) is 50.2 Å². The quantitative estimate of drug-likeness (QED) is 0.664. The molecule has 0 radical (unpaired) electrons. The molecule has 0 bridgehead atoms. The molecule has 0 saturated heterocycles. The number of hydrogen-bond donors (Lipinski definition) is 2. The van der Waals surface area contributed by atoms with Crippen LogP contribution in [-0.4, -0.2) is 37.4 Å². The van der Waals surface area contributed by atoms with Crippen molar-refractivity contribution in [2.24, 2.45) is 0 Å². The van der Waals surface area contributed by atoms with E-state index in [0.29, 0.717) is 11.5 Å². The molecule has 8 heteroatoms. The molecule has 0 unspecified atom stereocenters. The van der Waals surface area contributed by atoms with Crippen molar-refractivity contribution in [2.75, 3.05) is 24.1 Å². The highest BCUT2D eigenvalue weighted by Crippen LogP contribution is 2.41. The Bertz CT molecular complexity index is 1190.